The molecule has 2 fully saturated rings. The van der Waals surface area contributed by atoms with Crippen LogP contribution in [0.25, 0.3) is 0 Å². The summed E-state index contributed by atoms with van der Waals surface area (Å²) in [5.41, 5.74) is 5.81. The summed E-state index contributed by atoms with van der Waals surface area (Å²) in [6, 6.07) is 0. The number of hydrogen-bond donors (Lipinski definition) is 1. The second-order valence-corrected chi connectivity index (χ2v) is 5.50. The third kappa shape index (κ3) is 2.00. The van der Waals surface area contributed by atoms with Crippen molar-refractivity contribution < 1.29 is 4.74 Å². The fourth-order valence-electron chi connectivity index (χ4n) is 2.13. The van der Waals surface area contributed by atoms with E-state index in [1.165, 1.54) is 12.2 Å². The van der Waals surface area contributed by atoms with E-state index >= 15 is 0 Å². The van der Waals surface area contributed by atoms with Crippen molar-refractivity contribution in [2.24, 2.45) is 11.7 Å². The molecule has 0 saturated carbocycles. The van der Waals surface area contributed by atoms with E-state index in [1.807, 2.05) is 11.8 Å². The Morgan fingerprint density at radius 1 is 1.62 bits per heavy atom. The van der Waals surface area contributed by atoms with Gasteiger partial charge in [-0.15, -0.1) is 0 Å². The maximum Gasteiger partial charge on any atom is 0.0787 e. The summed E-state index contributed by atoms with van der Waals surface area (Å²) < 4.78 is 5.87. The van der Waals surface area contributed by atoms with Gasteiger partial charge in [0, 0.05) is 18.3 Å². The van der Waals surface area contributed by atoms with Gasteiger partial charge in [-0.05, 0) is 25.0 Å². The Morgan fingerprint density at radius 3 is 3.08 bits per heavy atom. The van der Waals surface area contributed by atoms with E-state index < -0.39 is 0 Å². The van der Waals surface area contributed by atoms with Crippen molar-refractivity contribution in [3.8, 4) is 0 Å². The SMILES string of the molecule is NC(=S)C1CCOC2(CCSC2)C1. The third-order valence-electron chi connectivity index (χ3n) is 2.96. The second kappa shape index (κ2) is 3.75. The Hall–Kier alpha value is 0.200. The lowest BCUT2D eigenvalue weighted by atomic mass is 9.85. The smallest absolute Gasteiger partial charge is 0.0787 e. The number of thioether (sulfide) groups is 1. The topological polar surface area (TPSA) is 35.2 Å². The van der Waals surface area contributed by atoms with Gasteiger partial charge in [0.15, 0.2) is 0 Å². The molecule has 2 atom stereocenters. The average molecular weight is 217 g/mol. The summed E-state index contributed by atoms with van der Waals surface area (Å²) in [6.45, 7) is 0.836. The number of hydrogen-bond acceptors (Lipinski definition) is 3. The minimum atomic E-state index is 0.122. The Balaban J connectivity index is 2.02. The zero-order chi connectivity index (χ0) is 9.31. The van der Waals surface area contributed by atoms with E-state index in [1.54, 1.807) is 0 Å². The molecule has 2 rings (SSSR count). The summed E-state index contributed by atoms with van der Waals surface area (Å²) >= 11 is 7.03. The zero-order valence-corrected chi connectivity index (χ0v) is 9.26. The molecular formula is C9H15NOS2. The van der Waals surface area contributed by atoms with E-state index in [0.29, 0.717) is 10.9 Å². The average Bonchev–Trinajstić information content (AvgIpc) is 2.53. The van der Waals surface area contributed by atoms with Gasteiger partial charge in [-0.1, -0.05) is 12.2 Å². The summed E-state index contributed by atoms with van der Waals surface area (Å²) in [4.78, 5) is 0.680. The Morgan fingerprint density at radius 2 is 2.46 bits per heavy atom. The predicted molar refractivity (Wildman–Crippen MR) is 60.1 cm³/mol. The molecular weight excluding hydrogens is 202 g/mol. The van der Waals surface area contributed by atoms with Crippen LogP contribution in [0.3, 0.4) is 0 Å². The highest BCUT2D eigenvalue weighted by atomic mass is 32.2. The van der Waals surface area contributed by atoms with Crippen molar-refractivity contribution in [3.05, 3.63) is 0 Å². The van der Waals surface area contributed by atoms with Gasteiger partial charge in [0.2, 0.25) is 0 Å². The highest BCUT2D eigenvalue weighted by Crippen LogP contribution is 2.40. The summed E-state index contributed by atoms with van der Waals surface area (Å²) in [5, 5.41) is 0. The van der Waals surface area contributed by atoms with Crippen LogP contribution in [0.4, 0.5) is 0 Å². The molecule has 13 heavy (non-hydrogen) atoms. The fraction of sp³-hybridized carbons (Fsp3) is 0.889. The molecule has 74 valence electrons. The van der Waals surface area contributed by atoms with Crippen LogP contribution >= 0.6 is 24.0 Å². The van der Waals surface area contributed by atoms with Crippen LogP contribution in [0.15, 0.2) is 0 Å². The van der Waals surface area contributed by atoms with Gasteiger partial charge in [-0.3, -0.25) is 0 Å². The van der Waals surface area contributed by atoms with Crippen LogP contribution < -0.4 is 5.73 Å². The van der Waals surface area contributed by atoms with Crippen molar-refractivity contribution >= 4 is 29.0 Å². The van der Waals surface area contributed by atoms with Crippen molar-refractivity contribution in [3.63, 3.8) is 0 Å². The van der Waals surface area contributed by atoms with Gasteiger partial charge in [-0.2, -0.15) is 11.8 Å². The highest BCUT2D eigenvalue weighted by Gasteiger charge is 2.40. The predicted octanol–water partition coefficient (Wildman–Crippen LogP) is 1.57. The van der Waals surface area contributed by atoms with Gasteiger partial charge >= 0.3 is 0 Å². The largest absolute Gasteiger partial charge is 0.393 e. The quantitative estimate of drug-likeness (QED) is 0.676. The Kier molecular flexibility index (Phi) is 2.81. The highest BCUT2D eigenvalue weighted by molar-refractivity contribution is 7.99. The molecule has 4 heteroatoms. The molecule has 2 nitrogen and oxygen atoms in total. The Labute approximate surface area is 88.6 Å². The van der Waals surface area contributed by atoms with E-state index in [4.69, 9.17) is 22.7 Å². The first kappa shape index (κ1) is 9.74. The van der Waals surface area contributed by atoms with Crippen molar-refractivity contribution in [2.45, 2.75) is 24.9 Å². The normalized spacial score (nSPS) is 39.5. The van der Waals surface area contributed by atoms with Gasteiger partial charge < -0.3 is 10.5 Å². The van der Waals surface area contributed by atoms with E-state index in [2.05, 4.69) is 0 Å². The molecule has 1 spiro atoms. The monoisotopic (exact) mass is 217 g/mol. The Bertz CT molecular complexity index is 214. The summed E-state index contributed by atoms with van der Waals surface area (Å²) in [7, 11) is 0. The van der Waals surface area contributed by atoms with Gasteiger partial charge in [0.25, 0.3) is 0 Å². The van der Waals surface area contributed by atoms with Crippen LogP contribution in [0.5, 0.6) is 0 Å². The minimum Gasteiger partial charge on any atom is -0.393 e. The van der Waals surface area contributed by atoms with E-state index in [0.717, 1.165) is 25.2 Å². The van der Waals surface area contributed by atoms with Gasteiger partial charge in [-0.25, -0.2) is 0 Å². The van der Waals surface area contributed by atoms with Crippen LogP contribution in [0, 0.1) is 5.92 Å². The van der Waals surface area contributed by atoms with E-state index in [-0.39, 0.29) is 5.60 Å². The standard InChI is InChI=1S/C9H15NOS2/c10-8(12)7-1-3-11-9(5-7)2-4-13-6-9/h7H,1-6H2,(H2,10,12). The zero-order valence-electron chi connectivity index (χ0n) is 7.62. The van der Waals surface area contributed by atoms with Crippen LogP contribution in [0.1, 0.15) is 19.3 Å². The van der Waals surface area contributed by atoms with Crippen molar-refractivity contribution in [2.75, 3.05) is 18.1 Å². The molecule has 2 aliphatic rings. The number of thiocarbonyl (C=S) groups is 1. The fourth-order valence-corrected chi connectivity index (χ4v) is 3.71. The molecule has 0 aromatic rings. The first-order valence-electron chi connectivity index (χ1n) is 4.73. The van der Waals surface area contributed by atoms with Crippen LogP contribution in [-0.2, 0) is 4.74 Å². The van der Waals surface area contributed by atoms with Crippen molar-refractivity contribution in [1.29, 1.82) is 0 Å². The number of ether oxygens (including phenoxy) is 1. The minimum absolute atomic E-state index is 0.122. The summed E-state index contributed by atoms with van der Waals surface area (Å²) in [6.07, 6.45) is 3.24. The molecule has 2 aliphatic heterocycles. The van der Waals surface area contributed by atoms with Crippen LogP contribution in [-0.4, -0.2) is 28.7 Å². The molecule has 2 heterocycles. The maximum absolute atomic E-state index is 5.87. The first-order valence-corrected chi connectivity index (χ1v) is 6.29. The lowest BCUT2D eigenvalue weighted by Crippen LogP contribution is -2.43. The molecule has 2 saturated heterocycles. The first-order chi connectivity index (χ1) is 6.22. The third-order valence-corrected chi connectivity index (χ3v) is 4.52. The van der Waals surface area contributed by atoms with Crippen molar-refractivity contribution in [1.82, 2.24) is 0 Å². The van der Waals surface area contributed by atoms with Gasteiger partial charge in [0.05, 0.1) is 10.6 Å². The lowest BCUT2D eigenvalue weighted by Gasteiger charge is -2.37. The molecule has 2 unspecified atom stereocenters. The lowest BCUT2D eigenvalue weighted by molar-refractivity contribution is -0.0687. The summed E-state index contributed by atoms with van der Waals surface area (Å²) in [5.74, 6) is 2.78. The molecule has 0 aromatic heterocycles. The second-order valence-electron chi connectivity index (χ2n) is 3.93. The molecule has 0 bridgehead atoms. The van der Waals surface area contributed by atoms with Gasteiger partial charge in [0.1, 0.15) is 0 Å². The van der Waals surface area contributed by atoms with Crippen LogP contribution in [0.2, 0.25) is 0 Å². The molecule has 0 radical (unpaired) electrons. The molecule has 2 N–H and O–H groups in total. The maximum atomic E-state index is 5.87. The number of nitrogens with two attached hydrogens (primary N) is 1. The molecule has 0 amide bonds. The molecule has 0 aromatic carbocycles. The number of rotatable bonds is 1. The molecule has 0 aliphatic carbocycles. The van der Waals surface area contributed by atoms with E-state index in [9.17, 15) is 0 Å².